The molecule has 10 nitrogen and oxygen atoms in total. The summed E-state index contributed by atoms with van der Waals surface area (Å²) in [7, 11) is 3.03. The van der Waals surface area contributed by atoms with E-state index in [1.807, 2.05) is 13.0 Å². The summed E-state index contributed by atoms with van der Waals surface area (Å²) >= 11 is 0. The normalized spacial score (nSPS) is 12.8. The number of ether oxygens (including phenoxy) is 2. The predicted octanol–water partition coefficient (Wildman–Crippen LogP) is 4.61. The van der Waals surface area contributed by atoms with Gasteiger partial charge in [-0.15, -0.1) is 0 Å². The summed E-state index contributed by atoms with van der Waals surface area (Å²) in [6.45, 7) is 2.54. The van der Waals surface area contributed by atoms with Crippen LogP contribution >= 0.6 is 0 Å². The number of nitrogens with one attached hydrogen (secondary N) is 2. The van der Waals surface area contributed by atoms with Crippen molar-refractivity contribution in [1.29, 1.82) is 0 Å². The Hall–Kier alpha value is -4.65. The van der Waals surface area contributed by atoms with Crippen LogP contribution in [0.3, 0.4) is 0 Å². The van der Waals surface area contributed by atoms with E-state index in [2.05, 4.69) is 30.2 Å². The first-order valence-electron chi connectivity index (χ1n) is 12.2. The summed E-state index contributed by atoms with van der Waals surface area (Å²) in [6, 6.07) is 10.0. The average Bonchev–Trinajstić information content (AvgIpc) is 3.38. The first kappa shape index (κ1) is 28.4. The molecule has 3 heterocycles. The number of alkyl halides is 3. The van der Waals surface area contributed by atoms with Gasteiger partial charge in [-0.2, -0.15) is 13.2 Å². The summed E-state index contributed by atoms with van der Waals surface area (Å²) in [4.78, 5) is 20.8. The number of rotatable bonds is 10. The smallest absolute Gasteiger partial charge is 0.416 e. The minimum Gasteiger partial charge on any atom is -0.493 e. The van der Waals surface area contributed by atoms with Crippen molar-refractivity contribution in [3.8, 4) is 39.5 Å². The largest absolute Gasteiger partial charge is 0.493 e. The molecule has 3 aromatic heterocycles. The summed E-state index contributed by atoms with van der Waals surface area (Å²) in [5.74, 6) is 1.34. The molecule has 13 heteroatoms. The van der Waals surface area contributed by atoms with Crippen molar-refractivity contribution in [2.45, 2.75) is 19.1 Å². The van der Waals surface area contributed by atoms with Crippen LogP contribution in [-0.2, 0) is 10.9 Å². The quantitative estimate of drug-likeness (QED) is 0.164. The number of H-pyrrole nitrogens is 1. The Bertz CT molecular complexity index is 1490. The fourth-order valence-corrected chi connectivity index (χ4v) is 3.98. The standard InChI is InChI=1S/C27H29F3N8O2/c1-15(36-23(31)14-39-2)12-35-26-33-9-8-20(38-26)24-19(17-10-22(40-3)25(32)34-13-17)11-21(37-24)16-4-6-18(7-5-16)27(28,29)30/h4-11,13,15,37H,12,14H2,1-3H3,(H2,31,36)(H2,32,34)(H,33,35,38)/t15-/m0/s1. The Morgan fingerprint density at radius 3 is 2.52 bits per heavy atom. The number of nitrogen functional groups attached to an aromatic ring is 1. The van der Waals surface area contributed by atoms with Gasteiger partial charge in [0, 0.05) is 42.9 Å². The highest BCUT2D eigenvalue weighted by Crippen LogP contribution is 2.38. The van der Waals surface area contributed by atoms with Gasteiger partial charge in [0.2, 0.25) is 5.95 Å². The molecule has 4 rings (SSSR count). The molecule has 0 aliphatic rings. The number of anilines is 2. The summed E-state index contributed by atoms with van der Waals surface area (Å²) in [6.07, 6.45) is -1.24. The number of halogens is 3. The van der Waals surface area contributed by atoms with Gasteiger partial charge in [-0.05, 0) is 42.8 Å². The number of amidine groups is 1. The van der Waals surface area contributed by atoms with E-state index in [0.717, 1.165) is 12.1 Å². The maximum absolute atomic E-state index is 13.1. The maximum atomic E-state index is 13.1. The summed E-state index contributed by atoms with van der Waals surface area (Å²) in [5.41, 5.74) is 14.6. The van der Waals surface area contributed by atoms with E-state index >= 15 is 0 Å². The van der Waals surface area contributed by atoms with Crippen molar-refractivity contribution in [3.05, 3.63) is 60.4 Å². The van der Waals surface area contributed by atoms with Crippen LogP contribution < -0.4 is 21.5 Å². The van der Waals surface area contributed by atoms with Crippen LogP contribution in [0.2, 0.25) is 0 Å². The number of aromatic amines is 1. The molecule has 1 aromatic carbocycles. The second-order valence-corrected chi connectivity index (χ2v) is 8.91. The fourth-order valence-electron chi connectivity index (χ4n) is 3.98. The Morgan fingerprint density at radius 2 is 1.85 bits per heavy atom. The van der Waals surface area contributed by atoms with Crippen LogP contribution in [0.1, 0.15) is 12.5 Å². The molecule has 0 spiro atoms. The van der Waals surface area contributed by atoms with Gasteiger partial charge in [-0.3, -0.25) is 4.99 Å². The molecule has 40 heavy (non-hydrogen) atoms. The van der Waals surface area contributed by atoms with Gasteiger partial charge in [0.15, 0.2) is 11.6 Å². The van der Waals surface area contributed by atoms with Crippen molar-refractivity contribution in [3.63, 3.8) is 0 Å². The minimum atomic E-state index is -4.43. The lowest BCUT2D eigenvalue weighted by molar-refractivity contribution is -0.137. The van der Waals surface area contributed by atoms with E-state index in [4.69, 9.17) is 20.9 Å². The van der Waals surface area contributed by atoms with Gasteiger partial charge in [0.25, 0.3) is 0 Å². The molecule has 6 N–H and O–H groups in total. The van der Waals surface area contributed by atoms with Crippen LogP contribution in [0.25, 0.3) is 33.8 Å². The number of pyridine rings is 1. The Morgan fingerprint density at radius 1 is 1.10 bits per heavy atom. The van der Waals surface area contributed by atoms with Crippen molar-refractivity contribution >= 4 is 17.6 Å². The highest BCUT2D eigenvalue weighted by molar-refractivity contribution is 5.85. The zero-order valence-corrected chi connectivity index (χ0v) is 22.1. The van der Waals surface area contributed by atoms with Gasteiger partial charge in [0.05, 0.1) is 30.1 Å². The number of hydrogen-bond donors (Lipinski definition) is 4. The van der Waals surface area contributed by atoms with Crippen molar-refractivity contribution < 1.29 is 22.6 Å². The monoisotopic (exact) mass is 554 g/mol. The number of hydrogen-bond acceptors (Lipinski definition) is 8. The number of nitrogens with zero attached hydrogens (tertiary/aromatic N) is 4. The molecule has 0 bridgehead atoms. The number of benzene rings is 1. The van der Waals surface area contributed by atoms with Crippen LogP contribution in [-0.4, -0.2) is 59.2 Å². The van der Waals surface area contributed by atoms with Gasteiger partial charge >= 0.3 is 6.18 Å². The highest BCUT2D eigenvalue weighted by Gasteiger charge is 2.30. The second kappa shape index (κ2) is 12.0. The van der Waals surface area contributed by atoms with E-state index in [0.29, 0.717) is 57.9 Å². The third-order valence-corrected chi connectivity index (χ3v) is 5.90. The third kappa shape index (κ3) is 6.67. The molecule has 0 fully saturated rings. The molecule has 4 aromatic rings. The second-order valence-electron chi connectivity index (χ2n) is 8.91. The first-order chi connectivity index (χ1) is 19.1. The van der Waals surface area contributed by atoms with E-state index in [1.165, 1.54) is 19.2 Å². The van der Waals surface area contributed by atoms with Crippen LogP contribution in [0.4, 0.5) is 24.9 Å². The van der Waals surface area contributed by atoms with Gasteiger partial charge in [0.1, 0.15) is 12.4 Å². The predicted molar refractivity (Wildman–Crippen MR) is 148 cm³/mol. The number of aliphatic imine (C=N–C) groups is 1. The molecule has 0 saturated carbocycles. The number of nitrogens with two attached hydrogens (primary N) is 2. The van der Waals surface area contributed by atoms with E-state index in [-0.39, 0.29) is 18.5 Å². The van der Waals surface area contributed by atoms with Crippen molar-refractivity contribution in [2.75, 3.05) is 38.4 Å². The van der Waals surface area contributed by atoms with Crippen LogP contribution in [0.5, 0.6) is 5.75 Å². The van der Waals surface area contributed by atoms with Crippen LogP contribution in [0, 0.1) is 0 Å². The van der Waals surface area contributed by atoms with Crippen molar-refractivity contribution in [2.24, 2.45) is 10.7 Å². The molecule has 0 aliphatic carbocycles. The Balaban J connectivity index is 1.71. The molecule has 0 radical (unpaired) electrons. The first-order valence-corrected chi connectivity index (χ1v) is 12.2. The molecule has 210 valence electrons. The highest BCUT2D eigenvalue weighted by atomic mass is 19.4. The minimum absolute atomic E-state index is 0.164. The van der Waals surface area contributed by atoms with E-state index in [1.54, 1.807) is 31.6 Å². The summed E-state index contributed by atoms with van der Waals surface area (Å²) in [5, 5.41) is 3.15. The lowest BCUT2D eigenvalue weighted by Crippen LogP contribution is -2.24. The van der Waals surface area contributed by atoms with Gasteiger partial charge < -0.3 is 31.2 Å². The Labute approximate surface area is 228 Å². The maximum Gasteiger partial charge on any atom is 0.416 e. The lowest BCUT2D eigenvalue weighted by atomic mass is 10.0. The zero-order valence-electron chi connectivity index (χ0n) is 22.1. The van der Waals surface area contributed by atoms with Crippen LogP contribution in [0.15, 0.2) is 59.9 Å². The average molecular weight is 555 g/mol. The molecule has 0 amide bonds. The molecular weight excluding hydrogens is 525 g/mol. The number of methoxy groups -OCH3 is 2. The zero-order chi connectivity index (χ0) is 28.9. The third-order valence-electron chi connectivity index (χ3n) is 5.90. The molecule has 0 saturated heterocycles. The van der Waals surface area contributed by atoms with Gasteiger partial charge in [-0.25, -0.2) is 15.0 Å². The summed E-state index contributed by atoms with van der Waals surface area (Å²) < 4.78 is 49.6. The van der Waals surface area contributed by atoms with E-state index in [9.17, 15) is 13.2 Å². The molecule has 1 atom stereocenters. The number of aromatic nitrogens is 4. The van der Waals surface area contributed by atoms with Crippen molar-refractivity contribution in [1.82, 2.24) is 19.9 Å². The SMILES string of the molecule is COCC(N)=N[C@@H](C)CNc1nccc(-c2[nH]c(-c3ccc(C(F)(F)F)cc3)cc2-c2cnc(N)c(OC)c2)n1. The van der Waals surface area contributed by atoms with Gasteiger partial charge in [-0.1, -0.05) is 12.1 Å². The Kier molecular flexibility index (Phi) is 8.53. The lowest BCUT2D eigenvalue weighted by Gasteiger charge is -2.11. The molecule has 0 aliphatic heterocycles. The molecule has 0 unspecified atom stereocenters. The topological polar surface area (TPSA) is 149 Å². The fraction of sp³-hybridized carbons (Fsp3) is 0.259. The molecular formula is C27H29F3N8O2. The van der Waals surface area contributed by atoms with E-state index < -0.39 is 11.7 Å².